The molecule has 1 aliphatic rings. The number of alkyl halides is 3. The molecule has 2 aromatic carbocycles. The number of anilines is 1. The van der Waals surface area contributed by atoms with E-state index in [-0.39, 0.29) is 5.56 Å². The number of aryl methyl sites for hydroxylation is 1. The molecular weight excluding hydrogens is 430 g/mol. The van der Waals surface area contributed by atoms with Crippen LogP contribution in [-0.2, 0) is 0 Å². The summed E-state index contributed by atoms with van der Waals surface area (Å²) in [5.74, 6) is -2.05. The predicted octanol–water partition coefficient (Wildman–Crippen LogP) is 4.71. The fourth-order valence-electron chi connectivity index (χ4n) is 3.36. The summed E-state index contributed by atoms with van der Waals surface area (Å²) in [5.41, 5.74) is 2.31. The standard InChI is InChI=1S/C22H17F4N3O3/c1-12-3-2-8-27-19(12)20(13-4-6-17(15(23)9-13)32-22(24,25)26)29-21(30)14-5-7-18-16(10-14)28-11-31-18/h2-10,20,28H,11H2,1H3,(H,29,30). The van der Waals surface area contributed by atoms with Crippen LogP contribution in [0, 0.1) is 12.7 Å². The van der Waals surface area contributed by atoms with Gasteiger partial charge in [0.15, 0.2) is 18.3 Å². The lowest BCUT2D eigenvalue weighted by Crippen LogP contribution is -2.30. The fraction of sp³-hybridized carbons (Fsp3) is 0.182. The molecule has 0 aliphatic carbocycles. The summed E-state index contributed by atoms with van der Waals surface area (Å²) in [5, 5.41) is 5.78. The Balaban J connectivity index is 1.68. The van der Waals surface area contributed by atoms with Gasteiger partial charge in [0.25, 0.3) is 5.91 Å². The normalized spacial score (nSPS) is 13.5. The van der Waals surface area contributed by atoms with E-state index in [0.717, 1.165) is 12.1 Å². The van der Waals surface area contributed by atoms with E-state index in [9.17, 15) is 22.4 Å². The number of amides is 1. The molecule has 10 heteroatoms. The third-order valence-electron chi connectivity index (χ3n) is 4.85. The van der Waals surface area contributed by atoms with Crippen molar-refractivity contribution in [2.24, 2.45) is 0 Å². The van der Waals surface area contributed by atoms with Crippen molar-refractivity contribution >= 4 is 11.6 Å². The van der Waals surface area contributed by atoms with Crippen molar-refractivity contribution < 1.29 is 31.8 Å². The molecule has 0 saturated heterocycles. The van der Waals surface area contributed by atoms with Gasteiger partial charge in [-0.05, 0) is 54.4 Å². The van der Waals surface area contributed by atoms with Crippen LogP contribution in [0.25, 0.3) is 0 Å². The Morgan fingerprint density at radius 3 is 2.75 bits per heavy atom. The quantitative estimate of drug-likeness (QED) is 0.555. The van der Waals surface area contributed by atoms with Gasteiger partial charge in [0.05, 0.1) is 17.4 Å². The molecule has 2 N–H and O–H groups in total. The minimum atomic E-state index is -5.03. The first-order chi connectivity index (χ1) is 15.2. The Bertz CT molecular complexity index is 1170. The third-order valence-corrected chi connectivity index (χ3v) is 4.85. The molecule has 0 fully saturated rings. The van der Waals surface area contributed by atoms with Gasteiger partial charge < -0.3 is 20.1 Å². The van der Waals surface area contributed by atoms with E-state index < -0.39 is 29.9 Å². The molecule has 3 aromatic rings. The van der Waals surface area contributed by atoms with Crippen molar-refractivity contribution in [3.05, 3.63) is 82.9 Å². The van der Waals surface area contributed by atoms with Crippen molar-refractivity contribution in [2.75, 3.05) is 12.0 Å². The Labute approximate surface area is 180 Å². The number of carbonyl (C=O) groups excluding carboxylic acids is 1. The maximum absolute atomic E-state index is 14.4. The zero-order chi connectivity index (χ0) is 22.9. The first kappa shape index (κ1) is 21.4. The van der Waals surface area contributed by atoms with Crippen LogP contribution in [0.4, 0.5) is 23.2 Å². The highest BCUT2D eigenvalue weighted by Gasteiger charge is 2.33. The average molecular weight is 447 g/mol. The molecule has 2 heterocycles. The van der Waals surface area contributed by atoms with Gasteiger partial charge in [0.2, 0.25) is 0 Å². The van der Waals surface area contributed by atoms with E-state index in [1.54, 1.807) is 37.3 Å². The van der Waals surface area contributed by atoms with Crippen LogP contribution in [0.1, 0.15) is 33.2 Å². The Kier molecular flexibility index (Phi) is 5.60. The van der Waals surface area contributed by atoms with Gasteiger partial charge in [-0.1, -0.05) is 12.1 Å². The Morgan fingerprint density at radius 1 is 1.22 bits per heavy atom. The number of pyridine rings is 1. The smallest absolute Gasteiger partial charge is 0.471 e. The molecule has 1 aromatic heterocycles. The van der Waals surface area contributed by atoms with Gasteiger partial charge in [0.1, 0.15) is 5.75 Å². The number of hydrogen-bond acceptors (Lipinski definition) is 5. The van der Waals surface area contributed by atoms with Gasteiger partial charge in [-0.25, -0.2) is 4.39 Å². The van der Waals surface area contributed by atoms with Crippen LogP contribution < -0.4 is 20.1 Å². The maximum Gasteiger partial charge on any atom is 0.573 e. The molecule has 1 aliphatic heterocycles. The number of benzene rings is 2. The van der Waals surface area contributed by atoms with Crippen LogP contribution >= 0.6 is 0 Å². The van der Waals surface area contributed by atoms with Gasteiger partial charge in [-0.15, -0.1) is 13.2 Å². The van der Waals surface area contributed by atoms with Crippen LogP contribution in [0.15, 0.2) is 54.7 Å². The van der Waals surface area contributed by atoms with Crippen molar-refractivity contribution in [1.82, 2.24) is 10.3 Å². The molecule has 0 saturated carbocycles. The van der Waals surface area contributed by atoms with E-state index in [1.165, 1.54) is 12.3 Å². The largest absolute Gasteiger partial charge is 0.573 e. The highest BCUT2D eigenvalue weighted by molar-refractivity contribution is 5.96. The predicted molar refractivity (Wildman–Crippen MR) is 107 cm³/mol. The molecule has 4 rings (SSSR count). The Hall–Kier alpha value is -3.82. The number of aromatic nitrogens is 1. The van der Waals surface area contributed by atoms with E-state index in [4.69, 9.17) is 4.74 Å². The first-order valence-electron chi connectivity index (χ1n) is 9.49. The molecule has 32 heavy (non-hydrogen) atoms. The molecule has 1 amide bonds. The topological polar surface area (TPSA) is 72.5 Å². The van der Waals surface area contributed by atoms with Crippen molar-refractivity contribution in [2.45, 2.75) is 19.3 Å². The van der Waals surface area contributed by atoms with Gasteiger partial charge in [-0.2, -0.15) is 0 Å². The molecule has 6 nitrogen and oxygen atoms in total. The molecular formula is C22H17F4N3O3. The third kappa shape index (κ3) is 4.58. The number of nitrogens with zero attached hydrogens (tertiary/aromatic N) is 1. The summed E-state index contributed by atoms with van der Waals surface area (Å²) in [6.45, 7) is 2.05. The monoisotopic (exact) mass is 447 g/mol. The number of hydrogen-bond donors (Lipinski definition) is 2. The number of fused-ring (bicyclic) bond motifs is 1. The lowest BCUT2D eigenvalue weighted by molar-refractivity contribution is -0.275. The van der Waals surface area contributed by atoms with E-state index in [2.05, 4.69) is 20.4 Å². The van der Waals surface area contributed by atoms with Gasteiger partial charge in [0, 0.05) is 11.8 Å². The molecule has 0 radical (unpaired) electrons. The highest BCUT2D eigenvalue weighted by Crippen LogP contribution is 2.32. The summed E-state index contributed by atoms with van der Waals surface area (Å²) in [4.78, 5) is 17.3. The van der Waals surface area contributed by atoms with Crippen LogP contribution in [0.5, 0.6) is 11.5 Å². The molecule has 166 valence electrons. The molecule has 1 atom stereocenters. The number of halogens is 4. The summed E-state index contributed by atoms with van der Waals surface area (Å²) in [6.07, 6.45) is -3.52. The number of carbonyl (C=O) groups is 1. The lowest BCUT2D eigenvalue weighted by atomic mass is 9.99. The van der Waals surface area contributed by atoms with E-state index >= 15 is 0 Å². The summed E-state index contributed by atoms with van der Waals surface area (Å²) in [6, 6.07) is 10.4. The highest BCUT2D eigenvalue weighted by atomic mass is 19.4. The van der Waals surface area contributed by atoms with Crippen molar-refractivity contribution in [3.8, 4) is 11.5 Å². The zero-order valence-corrected chi connectivity index (χ0v) is 16.7. The first-order valence-corrected chi connectivity index (χ1v) is 9.49. The van der Waals surface area contributed by atoms with Crippen LogP contribution in [-0.4, -0.2) is 24.0 Å². The minimum absolute atomic E-state index is 0.204. The van der Waals surface area contributed by atoms with Crippen LogP contribution in [0.3, 0.4) is 0 Å². The van der Waals surface area contributed by atoms with E-state index in [0.29, 0.717) is 35.0 Å². The number of ether oxygens (including phenoxy) is 2. The molecule has 0 spiro atoms. The SMILES string of the molecule is Cc1cccnc1C(NC(=O)c1ccc2c(c1)NCO2)c1ccc(OC(F)(F)F)c(F)c1. The second kappa shape index (κ2) is 8.37. The van der Waals surface area contributed by atoms with E-state index in [1.807, 2.05) is 0 Å². The summed E-state index contributed by atoms with van der Waals surface area (Å²) >= 11 is 0. The zero-order valence-electron chi connectivity index (χ0n) is 16.7. The van der Waals surface area contributed by atoms with Crippen LogP contribution in [0.2, 0.25) is 0 Å². The van der Waals surface area contributed by atoms with Crippen molar-refractivity contribution in [1.29, 1.82) is 0 Å². The fourth-order valence-corrected chi connectivity index (χ4v) is 3.36. The number of rotatable bonds is 5. The maximum atomic E-state index is 14.4. The average Bonchev–Trinajstić information content (AvgIpc) is 3.21. The molecule has 1 unspecified atom stereocenters. The second-order valence-corrected chi connectivity index (χ2v) is 7.03. The Morgan fingerprint density at radius 2 is 2.03 bits per heavy atom. The number of nitrogens with one attached hydrogen (secondary N) is 2. The lowest BCUT2D eigenvalue weighted by Gasteiger charge is -2.21. The van der Waals surface area contributed by atoms with Crippen molar-refractivity contribution in [3.63, 3.8) is 0 Å². The van der Waals surface area contributed by atoms with Gasteiger partial charge in [-0.3, -0.25) is 9.78 Å². The molecule has 0 bridgehead atoms. The summed E-state index contributed by atoms with van der Waals surface area (Å²) < 4.78 is 60.9. The van der Waals surface area contributed by atoms with Gasteiger partial charge >= 0.3 is 6.36 Å². The second-order valence-electron chi connectivity index (χ2n) is 7.03. The summed E-state index contributed by atoms with van der Waals surface area (Å²) in [7, 11) is 0. The minimum Gasteiger partial charge on any atom is -0.471 e.